The highest BCUT2D eigenvalue weighted by atomic mass is 16.3. The number of fused-ring (bicyclic) bond motifs is 8. The van der Waals surface area contributed by atoms with Crippen LogP contribution in [-0.2, 0) is 5.41 Å². The first-order chi connectivity index (χ1) is 23.6. The highest BCUT2D eigenvalue weighted by Gasteiger charge is 2.39. The second-order valence-corrected chi connectivity index (χ2v) is 13.6. The van der Waals surface area contributed by atoms with Gasteiger partial charge >= 0.3 is 0 Å². The van der Waals surface area contributed by atoms with Crippen molar-refractivity contribution in [3.05, 3.63) is 169 Å². The molecule has 226 valence electrons. The van der Waals surface area contributed by atoms with Crippen molar-refractivity contribution in [1.82, 2.24) is 0 Å². The van der Waals surface area contributed by atoms with Crippen LogP contribution in [0.4, 0.5) is 0 Å². The fraction of sp³-hybridized carbons (Fsp3) is 0.0638. The van der Waals surface area contributed by atoms with Crippen molar-refractivity contribution in [1.29, 1.82) is 0 Å². The third kappa shape index (κ3) is 3.73. The molecule has 0 N–H and O–H groups in total. The van der Waals surface area contributed by atoms with Crippen molar-refractivity contribution in [2.75, 3.05) is 0 Å². The summed E-state index contributed by atoms with van der Waals surface area (Å²) in [6, 6.07) is 57.5. The molecule has 1 heteroatoms. The van der Waals surface area contributed by atoms with Crippen LogP contribution in [0.25, 0.3) is 88.0 Å². The Balaban J connectivity index is 1.24. The summed E-state index contributed by atoms with van der Waals surface area (Å²) in [7, 11) is 0. The third-order valence-corrected chi connectivity index (χ3v) is 10.6. The molecule has 0 bridgehead atoms. The fourth-order valence-electron chi connectivity index (χ4n) is 8.59. The monoisotopic (exact) mass is 612 g/mol. The van der Waals surface area contributed by atoms with E-state index in [0.717, 1.165) is 16.6 Å². The van der Waals surface area contributed by atoms with Crippen molar-refractivity contribution in [3.8, 4) is 44.5 Å². The number of hydrogen-bond acceptors (Lipinski definition) is 1. The Morgan fingerprint density at radius 2 is 0.875 bits per heavy atom. The Morgan fingerprint density at radius 1 is 0.396 bits per heavy atom. The van der Waals surface area contributed by atoms with Crippen molar-refractivity contribution < 1.29 is 4.42 Å². The van der Waals surface area contributed by atoms with Gasteiger partial charge in [-0.05, 0) is 89.3 Å². The number of hydrogen-bond donors (Lipinski definition) is 0. The summed E-state index contributed by atoms with van der Waals surface area (Å²) in [5, 5.41) is 7.43. The highest BCUT2D eigenvalue weighted by molar-refractivity contribution is 6.22. The van der Waals surface area contributed by atoms with E-state index in [0.29, 0.717) is 0 Å². The molecule has 0 fully saturated rings. The SMILES string of the molecule is CC1(C)c2ccccc2-c2cc3oc4ccccc4c3c(-c3ccc(-c4c5ccccc5c(-c5ccccc5)c5ccccc45)cc3)c21. The van der Waals surface area contributed by atoms with Gasteiger partial charge < -0.3 is 4.42 Å². The maximum absolute atomic E-state index is 6.56. The third-order valence-electron chi connectivity index (χ3n) is 10.6. The van der Waals surface area contributed by atoms with Crippen molar-refractivity contribution >= 4 is 43.5 Å². The van der Waals surface area contributed by atoms with E-state index in [-0.39, 0.29) is 5.41 Å². The predicted molar refractivity (Wildman–Crippen MR) is 203 cm³/mol. The fourth-order valence-corrected chi connectivity index (χ4v) is 8.59. The average Bonchev–Trinajstić information content (AvgIpc) is 3.62. The van der Waals surface area contributed by atoms with Gasteiger partial charge in [0.2, 0.25) is 0 Å². The Labute approximate surface area is 279 Å². The summed E-state index contributed by atoms with van der Waals surface area (Å²) in [5.41, 5.74) is 14.5. The summed E-state index contributed by atoms with van der Waals surface area (Å²) in [5.74, 6) is 0. The standard InChI is InChI=1S/C47H32O/c1-47(2)39-22-12-10-16-32(39)38-28-41-45(37-21-11-13-23-40(37)48-41)44(46(38)47)31-26-24-30(25-27-31)43-35-19-8-6-17-33(35)42(29-14-4-3-5-15-29)34-18-7-9-20-36(34)43/h3-28H,1-2H3. The largest absolute Gasteiger partial charge is 0.456 e. The van der Waals surface area contributed by atoms with Crippen LogP contribution in [0.15, 0.2) is 162 Å². The van der Waals surface area contributed by atoms with Crippen LogP contribution < -0.4 is 0 Å². The first-order valence-corrected chi connectivity index (χ1v) is 16.8. The zero-order valence-electron chi connectivity index (χ0n) is 26.9. The Bertz CT molecular complexity index is 2670. The molecular formula is C47H32O. The van der Waals surface area contributed by atoms with Gasteiger partial charge in [0.15, 0.2) is 0 Å². The van der Waals surface area contributed by atoms with E-state index >= 15 is 0 Å². The molecule has 0 radical (unpaired) electrons. The Kier molecular flexibility index (Phi) is 5.69. The van der Waals surface area contributed by atoms with E-state index in [1.54, 1.807) is 0 Å². The van der Waals surface area contributed by atoms with Gasteiger partial charge in [-0.1, -0.05) is 159 Å². The zero-order chi connectivity index (χ0) is 32.0. The molecule has 8 aromatic carbocycles. The lowest BCUT2D eigenvalue weighted by Gasteiger charge is -2.25. The second-order valence-electron chi connectivity index (χ2n) is 13.6. The molecule has 9 aromatic rings. The molecule has 1 aliphatic carbocycles. The molecule has 1 nitrogen and oxygen atoms in total. The molecule has 0 amide bonds. The van der Waals surface area contributed by atoms with E-state index in [9.17, 15) is 0 Å². The van der Waals surface area contributed by atoms with Gasteiger partial charge in [-0.3, -0.25) is 0 Å². The molecule has 10 rings (SSSR count). The Hall–Kier alpha value is -5.92. The molecule has 0 aliphatic heterocycles. The molecule has 0 atom stereocenters. The van der Waals surface area contributed by atoms with Crippen molar-refractivity contribution in [2.24, 2.45) is 0 Å². The van der Waals surface area contributed by atoms with Crippen LogP contribution in [0.1, 0.15) is 25.0 Å². The van der Waals surface area contributed by atoms with Crippen LogP contribution in [0.2, 0.25) is 0 Å². The normalized spacial score (nSPS) is 13.4. The molecule has 0 saturated carbocycles. The van der Waals surface area contributed by atoms with E-state index in [1.807, 2.05) is 0 Å². The van der Waals surface area contributed by atoms with Gasteiger partial charge in [-0.25, -0.2) is 0 Å². The first kappa shape index (κ1) is 27.2. The smallest absolute Gasteiger partial charge is 0.136 e. The lowest BCUT2D eigenvalue weighted by molar-refractivity contribution is 0.659. The number of rotatable bonds is 3. The highest BCUT2D eigenvalue weighted by Crippen LogP contribution is 2.55. The maximum Gasteiger partial charge on any atom is 0.136 e. The minimum absolute atomic E-state index is 0.161. The minimum atomic E-state index is -0.161. The van der Waals surface area contributed by atoms with Gasteiger partial charge in [0.1, 0.15) is 11.2 Å². The summed E-state index contributed by atoms with van der Waals surface area (Å²) in [6.45, 7) is 4.74. The van der Waals surface area contributed by atoms with Crippen LogP contribution in [0, 0.1) is 0 Å². The summed E-state index contributed by atoms with van der Waals surface area (Å²) in [4.78, 5) is 0. The van der Waals surface area contributed by atoms with Gasteiger partial charge in [-0.15, -0.1) is 0 Å². The summed E-state index contributed by atoms with van der Waals surface area (Å²) in [6.07, 6.45) is 0. The average molecular weight is 613 g/mol. The van der Waals surface area contributed by atoms with Gasteiger partial charge in [0.05, 0.1) is 0 Å². The molecular weight excluding hydrogens is 581 g/mol. The summed E-state index contributed by atoms with van der Waals surface area (Å²) >= 11 is 0. The Morgan fingerprint density at radius 3 is 1.50 bits per heavy atom. The summed E-state index contributed by atoms with van der Waals surface area (Å²) < 4.78 is 6.56. The molecule has 1 aliphatic rings. The molecule has 1 heterocycles. The van der Waals surface area contributed by atoms with Crippen LogP contribution in [0.5, 0.6) is 0 Å². The van der Waals surface area contributed by atoms with Crippen LogP contribution >= 0.6 is 0 Å². The second kappa shape index (κ2) is 10.0. The molecule has 0 unspecified atom stereocenters. The lowest BCUT2D eigenvalue weighted by Crippen LogP contribution is -2.16. The van der Waals surface area contributed by atoms with E-state index in [2.05, 4.69) is 172 Å². The number of benzene rings is 8. The van der Waals surface area contributed by atoms with Gasteiger partial charge in [-0.2, -0.15) is 0 Å². The maximum atomic E-state index is 6.56. The van der Waals surface area contributed by atoms with Gasteiger partial charge in [0, 0.05) is 16.2 Å². The minimum Gasteiger partial charge on any atom is -0.456 e. The predicted octanol–water partition coefficient (Wildman–Crippen LogP) is 13.2. The van der Waals surface area contributed by atoms with Crippen LogP contribution in [0.3, 0.4) is 0 Å². The molecule has 0 saturated heterocycles. The number of furan rings is 1. The molecule has 0 spiro atoms. The van der Waals surface area contributed by atoms with E-state index in [4.69, 9.17) is 4.42 Å². The van der Waals surface area contributed by atoms with Crippen LogP contribution in [-0.4, -0.2) is 0 Å². The molecule has 48 heavy (non-hydrogen) atoms. The quantitative estimate of drug-likeness (QED) is 0.181. The van der Waals surface area contributed by atoms with E-state index < -0.39 is 0 Å². The number of para-hydroxylation sites is 1. The lowest BCUT2D eigenvalue weighted by atomic mass is 9.77. The topological polar surface area (TPSA) is 13.1 Å². The van der Waals surface area contributed by atoms with E-state index in [1.165, 1.54) is 82.6 Å². The van der Waals surface area contributed by atoms with Crippen molar-refractivity contribution in [2.45, 2.75) is 19.3 Å². The first-order valence-electron chi connectivity index (χ1n) is 16.8. The van der Waals surface area contributed by atoms with Gasteiger partial charge in [0.25, 0.3) is 0 Å². The zero-order valence-corrected chi connectivity index (χ0v) is 26.9. The van der Waals surface area contributed by atoms with Crippen molar-refractivity contribution in [3.63, 3.8) is 0 Å². The molecule has 1 aromatic heterocycles.